The first kappa shape index (κ1) is 8.68. The Morgan fingerprint density at radius 1 is 1.00 bits per heavy atom. The molecule has 0 bridgehead atoms. The summed E-state index contributed by atoms with van der Waals surface area (Å²) in [6.45, 7) is 0. The Morgan fingerprint density at radius 3 is 1.25 bits per heavy atom. The molecule has 0 atom stereocenters. The second-order valence-electron chi connectivity index (χ2n) is 1.17. The molecule has 0 aliphatic carbocycles. The van der Waals surface area contributed by atoms with Crippen LogP contribution in [0.3, 0.4) is 0 Å². The molecule has 0 fully saturated rings. The van der Waals surface area contributed by atoms with Crippen molar-refractivity contribution in [2.75, 3.05) is 21.3 Å². The van der Waals surface area contributed by atoms with Gasteiger partial charge in [-0.15, -0.1) is 0 Å². The fourth-order valence-corrected chi connectivity index (χ4v) is 0.250. The van der Waals surface area contributed by atoms with Crippen LogP contribution in [0.4, 0.5) is 0 Å². The van der Waals surface area contributed by atoms with Gasteiger partial charge < -0.3 is 0 Å². The monoisotopic (exact) mass is 225 g/mol. The van der Waals surface area contributed by atoms with Crippen LogP contribution in [0.25, 0.3) is 0 Å². The van der Waals surface area contributed by atoms with E-state index in [1.807, 2.05) is 0 Å². The molecular weight excluding hydrogens is 215 g/mol. The van der Waals surface area contributed by atoms with Gasteiger partial charge in [0.25, 0.3) is 0 Å². The van der Waals surface area contributed by atoms with E-state index in [-0.39, 0.29) is 0 Å². The predicted molar refractivity (Wildman–Crippen MR) is 29.5 cm³/mol. The third kappa shape index (κ3) is 2.30. The van der Waals surface area contributed by atoms with Crippen molar-refractivity contribution < 1.29 is 14.2 Å². The second kappa shape index (κ2) is 3.66. The van der Waals surface area contributed by atoms with Crippen LogP contribution in [0, 0.1) is 0 Å². The molecule has 8 heavy (non-hydrogen) atoms. The molecule has 0 rings (SSSR count). The summed E-state index contributed by atoms with van der Waals surface area (Å²) < 4.78 is 13.7. The number of hydrogen-bond donors (Lipinski definition) is 0. The topological polar surface area (TPSA) is 27.7 Å². The van der Waals surface area contributed by atoms with Crippen molar-refractivity contribution in [3.63, 3.8) is 0 Å². The molecule has 0 N–H and O–H groups in total. The van der Waals surface area contributed by atoms with Crippen molar-refractivity contribution in [1.82, 2.24) is 0 Å². The maximum atomic E-state index is 4.83. The quantitative estimate of drug-likeness (QED) is 0.486. The Balaban J connectivity index is 3.58. The molecule has 0 heterocycles. The Morgan fingerprint density at radius 2 is 1.25 bits per heavy atom. The van der Waals surface area contributed by atoms with Crippen LogP contribution in [0.5, 0.6) is 0 Å². The van der Waals surface area contributed by atoms with Crippen LogP contribution in [0.2, 0.25) is 0 Å². The van der Waals surface area contributed by atoms with Crippen LogP contribution in [0.15, 0.2) is 0 Å². The molecule has 0 aliphatic rings. The average molecular weight is 224 g/mol. The first-order valence-corrected chi connectivity index (χ1v) is 3.51. The SMILES string of the molecule is CO[C]([Sn+3])(OC)OC. The average Bonchev–Trinajstić information content (AvgIpc) is 1.87. The summed E-state index contributed by atoms with van der Waals surface area (Å²) >= 11 is 1.05. The standard InChI is InChI=1S/C4H9O3.Sn/c1-5-4(6-2)7-3;/h1-3H3;/q;+3. The molecule has 0 aromatic rings. The van der Waals surface area contributed by atoms with E-state index in [0.717, 1.165) is 22.5 Å². The van der Waals surface area contributed by atoms with E-state index in [1.165, 1.54) is 0 Å². The summed E-state index contributed by atoms with van der Waals surface area (Å²) in [5.41, 5.74) is 0. The zero-order valence-electron chi connectivity index (χ0n) is 5.22. The van der Waals surface area contributed by atoms with Crippen LogP contribution in [0.1, 0.15) is 0 Å². The van der Waals surface area contributed by atoms with E-state index < -0.39 is 3.99 Å². The summed E-state index contributed by atoms with van der Waals surface area (Å²) in [6, 6.07) is 0. The molecule has 0 amide bonds. The molecule has 0 unspecified atom stereocenters. The van der Waals surface area contributed by atoms with Gasteiger partial charge in [-0.05, 0) is 0 Å². The number of hydrogen-bond acceptors (Lipinski definition) is 3. The molecule has 0 saturated heterocycles. The number of rotatable bonds is 3. The van der Waals surface area contributed by atoms with Gasteiger partial charge in [0.1, 0.15) is 0 Å². The van der Waals surface area contributed by atoms with E-state index >= 15 is 0 Å². The van der Waals surface area contributed by atoms with Gasteiger partial charge in [-0.3, -0.25) is 0 Å². The van der Waals surface area contributed by atoms with Crippen LogP contribution >= 0.6 is 0 Å². The van der Waals surface area contributed by atoms with E-state index in [1.54, 1.807) is 21.3 Å². The van der Waals surface area contributed by atoms with E-state index in [4.69, 9.17) is 14.2 Å². The van der Waals surface area contributed by atoms with Crippen LogP contribution in [-0.4, -0.2) is 47.8 Å². The van der Waals surface area contributed by atoms with Crippen molar-refractivity contribution in [2.45, 2.75) is 3.99 Å². The van der Waals surface area contributed by atoms with Gasteiger partial charge in [-0.2, -0.15) is 0 Å². The summed E-state index contributed by atoms with van der Waals surface area (Å²) in [4.78, 5) is 0. The normalized spacial score (nSPS) is 12.1. The molecule has 44 valence electrons. The molecule has 0 spiro atoms. The van der Waals surface area contributed by atoms with Gasteiger partial charge in [0.15, 0.2) is 0 Å². The Kier molecular flexibility index (Phi) is 3.97. The van der Waals surface area contributed by atoms with Gasteiger partial charge in [-0.1, -0.05) is 0 Å². The van der Waals surface area contributed by atoms with E-state index in [0.29, 0.717) is 0 Å². The van der Waals surface area contributed by atoms with Crippen LogP contribution in [-0.2, 0) is 14.2 Å². The fraction of sp³-hybridized carbons (Fsp3) is 1.00. The zero-order chi connectivity index (χ0) is 6.62. The molecule has 0 aliphatic heterocycles. The predicted octanol–water partition coefficient (Wildman–Crippen LogP) is -0.295. The fourth-order valence-electron chi connectivity index (χ4n) is 0.250. The molecule has 0 saturated carbocycles. The molecular formula is C4H9O3Sn+3. The Hall–Kier alpha value is 0.679. The summed E-state index contributed by atoms with van der Waals surface area (Å²) in [6.07, 6.45) is 0. The number of methoxy groups -OCH3 is 3. The zero-order valence-corrected chi connectivity index (χ0v) is 8.08. The second-order valence-corrected chi connectivity index (χ2v) is 2.92. The summed E-state index contributed by atoms with van der Waals surface area (Å²) in [7, 11) is 4.63. The summed E-state index contributed by atoms with van der Waals surface area (Å²) in [5, 5.41) is 0. The van der Waals surface area contributed by atoms with Crippen molar-refractivity contribution in [1.29, 1.82) is 0 Å². The molecule has 0 radical (unpaired) electrons. The van der Waals surface area contributed by atoms with Crippen molar-refractivity contribution >= 4 is 22.5 Å². The molecule has 4 heteroatoms. The molecule has 0 aromatic carbocycles. The van der Waals surface area contributed by atoms with Gasteiger partial charge in [0, 0.05) is 0 Å². The van der Waals surface area contributed by atoms with Gasteiger partial charge in [0.2, 0.25) is 0 Å². The first-order valence-electron chi connectivity index (χ1n) is 2.09. The number of ether oxygens (including phenoxy) is 3. The van der Waals surface area contributed by atoms with Gasteiger partial charge >= 0.3 is 62.1 Å². The third-order valence-corrected chi connectivity index (χ3v) is 2.55. The van der Waals surface area contributed by atoms with Crippen molar-refractivity contribution in [3.05, 3.63) is 0 Å². The molecule has 0 aromatic heterocycles. The van der Waals surface area contributed by atoms with E-state index in [9.17, 15) is 0 Å². The Bertz CT molecular complexity index is 54.0. The minimum atomic E-state index is -0.785. The van der Waals surface area contributed by atoms with Crippen LogP contribution < -0.4 is 0 Å². The van der Waals surface area contributed by atoms with Crippen molar-refractivity contribution in [2.24, 2.45) is 0 Å². The molecule has 3 nitrogen and oxygen atoms in total. The third-order valence-electron chi connectivity index (χ3n) is 0.806. The van der Waals surface area contributed by atoms with Gasteiger partial charge in [0.05, 0.1) is 0 Å². The Labute approximate surface area is 62.4 Å². The minimum absolute atomic E-state index is 0.785. The van der Waals surface area contributed by atoms with Gasteiger partial charge in [-0.25, -0.2) is 0 Å². The summed E-state index contributed by atoms with van der Waals surface area (Å²) in [5.74, 6) is 0. The van der Waals surface area contributed by atoms with E-state index in [2.05, 4.69) is 0 Å². The maximum absolute atomic E-state index is 4.83. The van der Waals surface area contributed by atoms with Crippen molar-refractivity contribution in [3.8, 4) is 0 Å². The first-order chi connectivity index (χ1) is 3.68.